The van der Waals surface area contributed by atoms with Crippen molar-refractivity contribution >= 4 is 50.8 Å². The Morgan fingerprint density at radius 1 is 0.789 bits per heavy atom. The summed E-state index contributed by atoms with van der Waals surface area (Å²) < 4.78 is 49.7. The first-order valence-corrected chi connectivity index (χ1v) is 26.1. The summed E-state index contributed by atoms with van der Waals surface area (Å²) in [6, 6.07) is 31.2. The predicted molar refractivity (Wildman–Crippen MR) is 222 cm³/mol. The number of nitrogens with zero attached hydrogens (tertiary/aromatic N) is 5. The van der Waals surface area contributed by atoms with Crippen molar-refractivity contribution in [3.8, 4) is 28.3 Å². The quantitative estimate of drug-likeness (QED) is 0.123. The van der Waals surface area contributed by atoms with Crippen molar-refractivity contribution in [2.75, 3.05) is 0 Å². The summed E-state index contributed by atoms with van der Waals surface area (Å²) >= 11 is -1.73. The van der Waals surface area contributed by atoms with Crippen LogP contribution in [-0.2, 0) is 26.3 Å². The molecule has 0 saturated heterocycles. The van der Waals surface area contributed by atoms with Crippen LogP contribution in [0.3, 0.4) is 0 Å². The number of imidazole rings is 1. The third-order valence-electron chi connectivity index (χ3n) is 9.93. The van der Waals surface area contributed by atoms with Crippen LogP contribution in [0.4, 0.5) is 13.2 Å². The first-order chi connectivity index (χ1) is 26.5. The summed E-state index contributed by atoms with van der Waals surface area (Å²) in [6.07, 6.45) is -0.712. The number of hydrogen-bond acceptors (Lipinski definition) is 5. The van der Waals surface area contributed by atoms with Gasteiger partial charge in [0, 0.05) is 36.9 Å². The van der Waals surface area contributed by atoms with Crippen molar-refractivity contribution in [3.05, 3.63) is 131 Å². The van der Waals surface area contributed by atoms with E-state index in [4.69, 9.17) is 9.40 Å². The van der Waals surface area contributed by atoms with Gasteiger partial charge in [-0.05, 0) is 48.1 Å². The topological polar surface area (TPSA) is 69.6 Å². The first kappa shape index (κ1) is 42.0. The molecule has 0 N–H and O–H groups in total. The Bertz CT molecular complexity index is 2670. The van der Waals surface area contributed by atoms with Crippen LogP contribution in [0, 0.1) is 26.0 Å². The molecule has 3 aromatic carbocycles. The van der Waals surface area contributed by atoms with E-state index in [2.05, 4.69) is 126 Å². The van der Waals surface area contributed by atoms with E-state index in [1.54, 1.807) is 12.1 Å². The molecule has 0 unspecified atom stereocenters. The number of aromatic nitrogens is 5. The second-order valence-corrected chi connectivity index (χ2v) is 26.5. The molecular formula is C46H44F3GeIrN5O-2. The molecule has 11 heteroatoms. The molecule has 57 heavy (non-hydrogen) atoms. The van der Waals surface area contributed by atoms with Crippen molar-refractivity contribution in [1.82, 2.24) is 24.5 Å². The van der Waals surface area contributed by atoms with E-state index in [0.717, 1.165) is 50.9 Å². The molecule has 0 fully saturated rings. The fourth-order valence-electron chi connectivity index (χ4n) is 6.85. The standard InChI is InChI=1S/C31H26F3N4O.C15H18GeN.Ir/c1-16(2)19-8-6-9-20(17(3)4)27(19)38-25-15-35-18(5)14-24(25)36-29(38)23-11-7-10-21-22-12-13-26(31(32,33)34)37-30(22)39-28(21)23;1-12-5-7-13(8-6-12)15-10-9-14(11-17-15)16(2,3)4;/h6-10,12-17H,1-5H3;5-7,9-11H,1-4H3;/q2*-1;. The minimum Gasteiger partial charge on any atom is -0.486 e. The molecule has 0 amide bonds. The average Bonchev–Trinajstić information content (AvgIpc) is 3.72. The zero-order valence-electron chi connectivity index (χ0n) is 33.4. The minimum absolute atomic E-state index is 0. The van der Waals surface area contributed by atoms with Crippen molar-refractivity contribution in [2.24, 2.45) is 0 Å². The largest absolute Gasteiger partial charge is 0.486 e. The Morgan fingerprint density at radius 3 is 2.11 bits per heavy atom. The van der Waals surface area contributed by atoms with Gasteiger partial charge in [-0.25, -0.2) is 4.98 Å². The summed E-state index contributed by atoms with van der Waals surface area (Å²) in [5.74, 6) is 8.17. The number of halogens is 3. The Kier molecular flexibility index (Phi) is 12.0. The third kappa shape index (κ3) is 8.50. The summed E-state index contributed by atoms with van der Waals surface area (Å²) in [7, 11) is 0. The zero-order chi connectivity index (χ0) is 40.1. The number of alkyl halides is 3. The fourth-order valence-corrected chi connectivity index (χ4v) is 9.02. The van der Waals surface area contributed by atoms with Gasteiger partial charge in [0.15, 0.2) is 0 Å². The van der Waals surface area contributed by atoms with Crippen LogP contribution in [0.5, 0.6) is 0 Å². The van der Waals surface area contributed by atoms with Gasteiger partial charge in [-0.3, -0.25) is 9.97 Å². The molecule has 6 nitrogen and oxygen atoms in total. The van der Waals surface area contributed by atoms with Gasteiger partial charge >= 0.3 is 112 Å². The van der Waals surface area contributed by atoms with Crippen molar-refractivity contribution < 1.29 is 37.7 Å². The SMILES string of the molecule is Cc1c[c-]c(-c2cc[c]([Ge]([CH3])([CH3])[CH3])cn2)cc1.Cc1cc2nc(-c3[c-]ccc4c3oc3nc(C(F)(F)F)ccc34)n(-c3c(C(C)C)cccc3C(C)C)c2cn1.[Ir]. The van der Waals surface area contributed by atoms with Gasteiger partial charge in [0.25, 0.3) is 0 Å². The van der Waals surface area contributed by atoms with Crippen LogP contribution in [0.15, 0.2) is 95.7 Å². The predicted octanol–water partition coefficient (Wildman–Crippen LogP) is 12.2. The molecule has 0 atom stereocenters. The number of rotatable bonds is 6. The smallest absolute Gasteiger partial charge is 0.433 e. The number of para-hydroxylation sites is 1. The summed E-state index contributed by atoms with van der Waals surface area (Å²) in [4.78, 5) is 17.9. The summed E-state index contributed by atoms with van der Waals surface area (Å²) in [5.41, 5.74) is 8.89. The van der Waals surface area contributed by atoms with Crippen molar-refractivity contribution in [1.29, 1.82) is 0 Å². The van der Waals surface area contributed by atoms with Gasteiger partial charge < -0.3 is 8.98 Å². The molecule has 5 aromatic heterocycles. The van der Waals surface area contributed by atoms with Gasteiger partial charge in [0.2, 0.25) is 5.71 Å². The number of benzene rings is 3. The number of fused-ring (bicyclic) bond motifs is 4. The van der Waals surface area contributed by atoms with E-state index in [-0.39, 0.29) is 37.7 Å². The van der Waals surface area contributed by atoms with E-state index in [1.165, 1.54) is 16.0 Å². The van der Waals surface area contributed by atoms with Gasteiger partial charge in [-0.15, -0.1) is 18.2 Å². The molecule has 0 aliphatic rings. The molecule has 0 aliphatic heterocycles. The van der Waals surface area contributed by atoms with E-state index in [1.807, 2.05) is 31.5 Å². The minimum atomic E-state index is -4.57. The van der Waals surface area contributed by atoms with E-state index < -0.39 is 25.1 Å². The van der Waals surface area contributed by atoms with Crippen LogP contribution in [0.25, 0.3) is 61.4 Å². The molecule has 8 rings (SSSR count). The van der Waals surface area contributed by atoms with Crippen molar-refractivity contribution in [2.45, 2.75) is 76.8 Å². The van der Waals surface area contributed by atoms with Crippen LogP contribution in [0.1, 0.15) is 67.6 Å². The Morgan fingerprint density at radius 2 is 1.51 bits per heavy atom. The molecule has 5 heterocycles. The Balaban J connectivity index is 0.000000256. The maximum absolute atomic E-state index is 13.4. The third-order valence-corrected chi connectivity index (χ3v) is 14.2. The molecule has 295 valence electrons. The monoisotopic (exact) mass is 1010 g/mol. The zero-order valence-corrected chi connectivity index (χ0v) is 37.9. The molecule has 8 aromatic rings. The fraction of sp³-hybridized carbons (Fsp3) is 0.261. The second-order valence-electron chi connectivity index (χ2n) is 15.9. The Hall–Kier alpha value is -4.64. The van der Waals surface area contributed by atoms with Gasteiger partial charge in [-0.1, -0.05) is 56.8 Å². The number of aryl methyl sites for hydroxylation is 2. The molecule has 0 spiro atoms. The van der Waals surface area contributed by atoms with Crippen LogP contribution in [-0.4, -0.2) is 37.8 Å². The molecular weight excluding hydrogens is 960 g/mol. The number of hydrogen-bond donors (Lipinski definition) is 0. The van der Waals surface area contributed by atoms with Crippen LogP contribution < -0.4 is 4.40 Å². The second kappa shape index (κ2) is 16.3. The molecule has 1 radical (unpaired) electrons. The first-order valence-electron chi connectivity index (χ1n) is 18.8. The van der Waals surface area contributed by atoms with Gasteiger partial charge in [0.05, 0.1) is 28.6 Å². The van der Waals surface area contributed by atoms with Gasteiger partial charge in [-0.2, -0.15) is 13.2 Å². The van der Waals surface area contributed by atoms with Crippen LogP contribution in [0.2, 0.25) is 17.3 Å². The van der Waals surface area contributed by atoms with E-state index >= 15 is 0 Å². The number of pyridine rings is 3. The molecule has 0 bridgehead atoms. The van der Waals surface area contributed by atoms with E-state index in [9.17, 15) is 13.2 Å². The summed E-state index contributed by atoms with van der Waals surface area (Å²) in [6.45, 7) is 12.6. The number of furan rings is 1. The molecule has 0 saturated carbocycles. The van der Waals surface area contributed by atoms with Crippen LogP contribution >= 0.6 is 0 Å². The Labute approximate surface area is 347 Å². The average molecular weight is 1000 g/mol. The van der Waals surface area contributed by atoms with E-state index in [0.29, 0.717) is 27.7 Å². The molecule has 0 aliphatic carbocycles. The van der Waals surface area contributed by atoms with Crippen molar-refractivity contribution in [3.63, 3.8) is 0 Å². The maximum Gasteiger partial charge on any atom is 0.433 e. The maximum atomic E-state index is 13.4. The summed E-state index contributed by atoms with van der Waals surface area (Å²) in [5, 5.41) is 1.15. The van der Waals surface area contributed by atoms with Gasteiger partial charge in [0.1, 0.15) is 5.69 Å². The normalized spacial score (nSPS) is 12.0.